The second-order valence-corrected chi connectivity index (χ2v) is 10.6. The fraction of sp³-hybridized carbons (Fsp3) is 0.448. The van der Waals surface area contributed by atoms with Gasteiger partial charge in [-0.05, 0) is 80.5 Å². The van der Waals surface area contributed by atoms with E-state index in [9.17, 15) is 0 Å². The summed E-state index contributed by atoms with van der Waals surface area (Å²) in [5, 5.41) is 4.43. The number of hydrogen-bond donors (Lipinski definition) is 1. The molecule has 0 amide bonds. The van der Waals surface area contributed by atoms with Crippen LogP contribution >= 0.6 is 12.2 Å². The van der Waals surface area contributed by atoms with Crippen LogP contribution in [0.5, 0.6) is 0 Å². The van der Waals surface area contributed by atoms with Crippen LogP contribution in [0.2, 0.25) is 0 Å². The molecule has 196 valence electrons. The molecule has 2 aliphatic rings. The molecule has 1 N–H and O–H groups in total. The molecular weight excluding hydrogens is 480 g/mol. The van der Waals surface area contributed by atoms with Gasteiger partial charge >= 0.3 is 0 Å². The van der Waals surface area contributed by atoms with Crippen LogP contribution in [-0.4, -0.2) is 78.0 Å². The number of thiocarbonyl (C=S) groups is 1. The lowest BCUT2D eigenvalue weighted by Gasteiger charge is -2.30. The first-order valence-electron chi connectivity index (χ1n) is 13.2. The van der Waals surface area contributed by atoms with Crippen molar-refractivity contribution in [3.05, 3.63) is 77.4 Å². The summed E-state index contributed by atoms with van der Waals surface area (Å²) in [6.45, 7) is 10.1. The molecule has 2 atom stereocenters. The van der Waals surface area contributed by atoms with E-state index in [0.29, 0.717) is 0 Å². The minimum Gasteiger partial charge on any atom is -0.379 e. The maximum atomic E-state index is 5.92. The smallest absolute Gasteiger partial charge is 0.170 e. The van der Waals surface area contributed by atoms with Gasteiger partial charge < -0.3 is 24.4 Å². The standard InChI is InChI=1S/C29H38N6OS/c1-21-20-25(22(2)35(21)24-11-9-23(10-12-24)32(3)4)28-27(26-8-5-6-13-30-26)31-29(37)34(28)15-7-14-33-16-18-36-19-17-33/h5-6,8-13,20,27-28H,7,14-19H2,1-4H3,(H,31,37)/t27-,28-/m1/s1. The summed E-state index contributed by atoms with van der Waals surface area (Å²) in [6, 6.07) is 17.3. The summed E-state index contributed by atoms with van der Waals surface area (Å²) in [5.41, 5.74) is 7.14. The van der Waals surface area contributed by atoms with Gasteiger partial charge in [-0.25, -0.2) is 0 Å². The Morgan fingerprint density at radius 2 is 1.81 bits per heavy atom. The SMILES string of the molecule is Cc1cc([C@@H]2[C@@H](c3ccccn3)NC(=S)N2CCCN2CCOCC2)c(C)n1-c1ccc(N(C)C)cc1. The highest BCUT2D eigenvalue weighted by atomic mass is 32.1. The lowest BCUT2D eigenvalue weighted by molar-refractivity contribution is 0.0365. The largest absolute Gasteiger partial charge is 0.379 e. The molecule has 4 heterocycles. The van der Waals surface area contributed by atoms with Crippen molar-refractivity contribution in [1.82, 2.24) is 24.7 Å². The number of benzene rings is 1. The molecule has 0 aliphatic carbocycles. The summed E-state index contributed by atoms with van der Waals surface area (Å²) >= 11 is 5.92. The number of morpholine rings is 1. The number of anilines is 1. The Kier molecular flexibility index (Phi) is 7.79. The number of nitrogens with one attached hydrogen (secondary N) is 1. The van der Waals surface area contributed by atoms with Gasteiger partial charge in [0.1, 0.15) is 0 Å². The van der Waals surface area contributed by atoms with E-state index in [-0.39, 0.29) is 12.1 Å². The Morgan fingerprint density at radius 3 is 2.49 bits per heavy atom. The van der Waals surface area contributed by atoms with Crippen LogP contribution in [0, 0.1) is 13.8 Å². The highest BCUT2D eigenvalue weighted by Crippen LogP contribution is 2.41. The molecule has 0 bridgehead atoms. The van der Waals surface area contributed by atoms with Crippen LogP contribution in [-0.2, 0) is 4.74 Å². The van der Waals surface area contributed by atoms with Gasteiger partial charge in [0.2, 0.25) is 0 Å². The van der Waals surface area contributed by atoms with Crippen molar-refractivity contribution >= 4 is 23.0 Å². The lowest BCUT2D eigenvalue weighted by Crippen LogP contribution is -2.39. The number of aromatic nitrogens is 2. The van der Waals surface area contributed by atoms with Crippen LogP contribution in [0.3, 0.4) is 0 Å². The molecule has 5 rings (SSSR count). The number of nitrogens with zero attached hydrogens (tertiary/aromatic N) is 5. The third-order valence-electron chi connectivity index (χ3n) is 7.59. The fourth-order valence-corrected chi connectivity index (χ4v) is 5.99. The van der Waals surface area contributed by atoms with Crippen LogP contribution < -0.4 is 10.2 Å². The van der Waals surface area contributed by atoms with Crippen molar-refractivity contribution in [3.63, 3.8) is 0 Å². The zero-order valence-electron chi connectivity index (χ0n) is 22.4. The molecule has 3 aromatic rings. The van der Waals surface area contributed by atoms with Crippen molar-refractivity contribution in [2.45, 2.75) is 32.4 Å². The van der Waals surface area contributed by atoms with Gasteiger partial charge in [0.05, 0.1) is 31.0 Å². The average molecular weight is 519 g/mol. The normalized spacial score (nSPS) is 20.3. The van der Waals surface area contributed by atoms with Crippen molar-refractivity contribution in [1.29, 1.82) is 0 Å². The second kappa shape index (κ2) is 11.2. The van der Waals surface area contributed by atoms with Gasteiger partial charge in [-0.3, -0.25) is 9.88 Å². The first-order valence-corrected chi connectivity index (χ1v) is 13.6. The maximum absolute atomic E-state index is 5.92. The molecule has 37 heavy (non-hydrogen) atoms. The van der Waals surface area contributed by atoms with Crippen LogP contribution in [0.4, 0.5) is 5.69 Å². The Labute approximate surface area is 226 Å². The number of aryl methyl sites for hydroxylation is 1. The summed E-state index contributed by atoms with van der Waals surface area (Å²) in [6.07, 6.45) is 2.92. The first-order chi connectivity index (χ1) is 17.9. The van der Waals surface area contributed by atoms with E-state index in [1.54, 1.807) is 0 Å². The molecule has 0 radical (unpaired) electrons. The molecule has 0 saturated carbocycles. The topological polar surface area (TPSA) is 48.8 Å². The van der Waals surface area contributed by atoms with Crippen LogP contribution in [0.1, 0.15) is 41.1 Å². The second-order valence-electron chi connectivity index (χ2n) is 10.2. The minimum atomic E-state index is 0.00199. The summed E-state index contributed by atoms with van der Waals surface area (Å²) in [4.78, 5) is 11.7. The van der Waals surface area contributed by atoms with E-state index in [1.807, 2.05) is 12.3 Å². The van der Waals surface area contributed by atoms with Gasteiger partial charge in [0.25, 0.3) is 0 Å². The summed E-state index contributed by atoms with van der Waals surface area (Å²) < 4.78 is 7.88. The molecule has 0 unspecified atom stereocenters. The van der Waals surface area contributed by atoms with E-state index < -0.39 is 0 Å². The van der Waals surface area contributed by atoms with Crippen molar-refractivity contribution in [2.75, 3.05) is 58.4 Å². The third-order valence-corrected chi connectivity index (χ3v) is 7.94. The third kappa shape index (κ3) is 5.37. The predicted molar refractivity (Wildman–Crippen MR) is 154 cm³/mol. The monoisotopic (exact) mass is 518 g/mol. The van der Waals surface area contributed by atoms with E-state index >= 15 is 0 Å². The molecule has 2 aliphatic heterocycles. The highest BCUT2D eigenvalue weighted by Gasteiger charge is 2.41. The van der Waals surface area contributed by atoms with Gasteiger partial charge in [-0.15, -0.1) is 0 Å². The highest BCUT2D eigenvalue weighted by molar-refractivity contribution is 7.80. The molecule has 2 aromatic heterocycles. The molecular formula is C29H38N6OS. The lowest BCUT2D eigenvalue weighted by atomic mass is 9.96. The Hall–Kier alpha value is -2.94. The molecule has 1 aromatic carbocycles. The quantitative estimate of drug-likeness (QED) is 0.448. The number of pyridine rings is 1. The summed E-state index contributed by atoms with van der Waals surface area (Å²) in [7, 11) is 4.14. The Bertz CT molecular complexity index is 1200. The van der Waals surface area contributed by atoms with Crippen LogP contribution in [0.25, 0.3) is 5.69 Å². The van der Waals surface area contributed by atoms with Gasteiger partial charge in [-0.2, -0.15) is 0 Å². The van der Waals surface area contributed by atoms with E-state index in [2.05, 4.69) is 95.0 Å². The average Bonchev–Trinajstić information content (AvgIpc) is 3.39. The molecule has 7 nitrogen and oxygen atoms in total. The minimum absolute atomic E-state index is 0.00199. The van der Waals surface area contributed by atoms with Gasteiger partial charge in [-0.1, -0.05) is 6.07 Å². The molecule has 2 saturated heterocycles. The van der Waals surface area contributed by atoms with E-state index in [0.717, 1.165) is 56.6 Å². The van der Waals surface area contributed by atoms with Crippen LogP contribution in [0.15, 0.2) is 54.7 Å². The van der Waals surface area contributed by atoms with Crippen molar-refractivity contribution in [3.8, 4) is 5.69 Å². The van der Waals surface area contributed by atoms with E-state index in [4.69, 9.17) is 21.9 Å². The Balaban J connectivity index is 1.46. The van der Waals surface area contributed by atoms with Crippen molar-refractivity contribution < 1.29 is 4.74 Å². The van der Waals surface area contributed by atoms with Gasteiger partial charge in [0.15, 0.2) is 5.11 Å². The Morgan fingerprint density at radius 1 is 1.05 bits per heavy atom. The first kappa shape index (κ1) is 25.7. The summed E-state index contributed by atoms with van der Waals surface area (Å²) in [5.74, 6) is 0. The number of hydrogen-bond acceptors (Lipinski definition) is 5. The predicted octanol–water partition coefficient (Wildman–Crippen LogP) is 4.25. The number of rotatable bonds is 8. The van der Waals surface area contributed by atoms with Gasteiger partial charge in [0, 0.05) is 69.2 Å². The molecule has 0 spiro atoms. The zero-order valence-corrected chi connectivity index (χ0v) is 23.2. The number of ether oxygens (including phenoxy) is 1. The zero-order chi connectivity index (χ0) is 25.9. The fourth-order valence-electron chi connectivity index (χ4n) is 5.66. The molecule has 2 fully saturated rings. The van der Waals surface area contributed by atoms with E-state index in [1.165, 1.54) is 28.3 Å². The maximum Gasteiger partial charge on any atom is 0.170 e. The molecule has 8 heteroatoms. The van der Waals surface area contributed by atoms with Crippen molar-refractivity contribution in [2.24, 2.45) is 0 Å².